The molecule has 10 heteroatoms. The summed E-state index contributed by atoms with van der Waals surface area (Å²) in [5.41, 5.74) is 1.68. The molecule has 154 valence electrons. The van der Waals surface area contributed by atoms with Crippen molar-refractivity contribution in [3.8, 4) is 11.3 Å². The van der Waals surface area contributed by atoms with Crippen LogP contribution < -0.4 is 10.0 Å². The lowest BCUT2D eigenvalue weighted by Gasteiger charge is -2.14. The van der Waals surface area contributed by atoms with Gasteiger partial charge >= 0.3 is 6.18 Å². The van der Waals surface area contributed by atoms with E-state index in [0.29, 0.717) is 22.5 Å². The first-order chi connectivity index (χ1) is 13.6. The molecular weight excluding hydrogens is 405 g/mol. The number of anilines is 1. The van der Waals surface area contributed by atoms with Gasteiger partial charge in [0.1, 0.15) is 0 Å². The van der Waals surface area contributed by atoms with Crippen LogP contribution in [0.4, 0.5) is 18.9 Å². The molecule has 0 aliphatic heterocycles. The number of hydrogen-bond acceptors (Lipinski definition) is 4. The standard InChI is InChI=1S/C19H19F3N4O2S/c1-23-29(27,28)15-7-8-17(16(9-15)18-11-26(2)12-25-18)24-10-13-3-5-14(6-4-13)19(20,21)22/h3-9,11-12,23-24H,10H2,1-2H3. The zero-order valence-corrected chi connectivity index (χ0v) is 16.5. The quantitative estimate of drug-likeness (QED) is 0.634. The van der Waals surface area contributed by atoms with Crippen molar-refractivity contribution in [2.24, 2.45) is 7.05 Å². The van der Waals surface area contributed by atoms with Crippen LogP contribution in [0.1, 0.15) is 11.1 Å². The molecule has 1 heterocycles. The van der Waals surface area contributed by atoms with E-state index in [0.717, 1.165) is 12.1 Å². The van der Waals surface area contributed by atoms with Crippen molar-refractivity contribution < 1.29 is 21.6 Å². The molecule has 0 saturated carbocycles. The van der Waals surface area contributed by atoms with Crippen LogP contribution in [0.3, 0.4) is 0 Å². The Labute approximate surface area is 166 Å². The number of sulfonamides is 1. The SMILES string of the molecule is CNS(=O)(=O)c1ccc(NCc2ccc(C(F)(F)F)cc2)c(-c2cn(C)cn2)c1. The van der Waals surface area contributed by atoms with Crippen molar-refractivity contribution in [3.05, 3.63) is 66.1 Å². The summed E-state index contributed by atoms with van der Waals surface area (Å²) in [5, 5.41) is 3.15. The Kier molecular flexibility index (Phi) is 5.67. The highest BCUT2D eigenvalue weighted by Crippen LogP contribution is 2.31. The third-order valence-corrected chi connectivity index (χ3v) is 5.73. The summed E-state index contributed by atoms with van der Waals surface area (Å²) in [7, 11) is -0.526. The van der Waals surface area contributed by atoms with E-state index in [2.05, 4.69) is 15.0 Å². The molecule has 0 aliphatic rings. The lowest BCUT2D eigenvalue weighted by molar-refractivity contribution is -0.137. The average Bonchev–Trinajstić information content (AvgIpc) is 3.12. The normalized spacial score (nSPS) is 12.2. The van der Waals surface area contributed by atoms with Crippen molar-refractivity contribution in [2.75, 3.05) is 12.4 Å². The minimum Gasteiger partial charge on any atom is -0.380 e. The molecule has 0 amide bonds. The summed E-state index contributed by atoms with van der Waals surface area (Å²) < 4.78 is 66.4. The van der Waals surface area contributed by atoms with Gasteiger partial charge in [-0.05, 0) is 42.9 Å². The zero-order valence-electron chi connectivity index (χ0n) is 15.7. The van der Waals surface area contributed by atoms with E-state index >= 15 is 0 Å². The summed E-state index contributed by atoms with van der Waals surface area (Å²) in [6, 6.07) is 9.42. The fourth-order valence-corrected chi connectivity index (χ4v) is 3.49. The van der Waals surface area contributed by atoms with Gasteiger partial charge in [0.05, 0.1) is 22.5 Å². The van der Waals surface area contributed by atoms with Crippen molar-refractivity contribution in [1.29, 1.82) is 0 Å². The predicted octanol–water partition coefficient (Wildman–Crippen LogP) is 3.63. The van der Waals surface area contributed by atoms with Gasteiger partial charge in [-0.15, -0.1) is 0 Å². The molecule has 0 atom stereocenters. The monoisotopic (exact) mass is 424 g/mol. The van der Waals surface area contributed by atoms with Crippen LogP contribution in [0.2, 0.25) is 0 Å². The van der Waals surface area contributed by atoms with E-state index in [9.17, 15) is 21.6 Å². The number of hydrogen-bond donors (Lipinski definition) is 2. The molecule has 29 heavy (non-hydrogen) atoms. The molecule has 0 unspecified atom stereocenters. The molecule has 0 aliphatic carbocycles. The Morgan fingerprint density at radius 1 is 1.10 bits per heavy atom. The van der Waals surface area contributed by atoms with Crippen molar-refractivity contribution in [3.63, 3.8) is 0 Å². The number of nitrogens with one attached hydrogen (secondary N) is 2. The molecule has 2 aromatic carbocycles. The van der Waals surface area contributed by atoms with Crippen LogP contribution in [0, 0.1) is 0 Å². The van der Waals surface area contributed by atoms with Crippen LogP contribution in [-0.4, -0.2) is 25.0 Å². The first-order valence-electron chi connectivity index (χ1n) is 8.56. The van der Waals surface area contributed by atoms with Crippen molar-refractivity contribution in [2.45, 2.75) is 17.6 Å². The molecule has 0 fully saturated rings. The number of aryl methyl sites for hydroxylation is 1. The van der Waals surface area contributed by atoms with Crippen LogP contribution >= 0.6 is 0 Å². The summed E-state index contributed by atoms with van der Waals surface area (Å²) in [6.07, 6.45) is -1.05. The van der Waals surface area contributed by atoms with Crippen LogP contribution in [0.5, 0.6) is 0 Å². The largest absolute Gasteiger partial charge is 0.416 e. The van der Waals surface area contributed by atoms with Crippen molar-refractivity contribution in [1.82, 2.24) is 14.3 Å². The van der Waals surface area contributed by atoms with Gasteiger partial charge in [0.25, 0.3) is 0 Å². The molecule has 1 aromatic heterocycles. The number of aromatic nitrogens is 2. The molecule has 3 aromatic rings. The molecule has 0 spiro atoms. The average molecular weight is 424 g/mol. The van der Waals surface area contributed by atoms with Crippen molar-refractivity contribution >= 4 is 15.7 Å². The summed E-state index contributed by atoms with van der Waals surface area (Å²) in [5.74, 6) is 0. The van der Waals surface area contributed by atoms with E-state index in [1.54, 1.807) is 30.2 Å². The first-order valence-corrected chi connectivity index (χ1v) is 10.0. The Morgan fingerprint density at radius 3 is 2.34 bits per heavy atom. The van der Waals surface area contributed by atoms with Gasteiger partial charge in [-0.25, -0.2) is 18.1 Å². The van der Waals surface area contributed by atoms with Gasteiger partial charge in [0, 0.05) is 31.0 Å². The van der Waals surface area contributed by atoms with Gasteiger partial charge in [-0.3, -0.25) is 0 Å². The van der Waals surface area contributed by atoms with Crippen LogP contribution in [0.25, 0.3) is 11.3 Å². The second-order valence-electron chi connectivity index (χ2n) is 6.39. The molecule has 2 N–H and O–H groups in total. The number of rotatable bonds is 6. The number of halogens is 3. The molecule has 0 radical (unpaired) electrons. The maximum absolute atomic E-state index is 12.7. The van der Waals surface area contributed by atoms with Crippen LogP contribution in [-0.2, 0) is 29.8 Å². The lowest BCUT2D eigenvalue weighted by Crippen LogP contribution is -2.18. The topological polar surface area (TPSA) is 76.0 Å². The molecular formula is C19H19F3N4O2S. The van der Waals surface area contributed by atoms with E-state index in [4.69, 9.17) is 0 Å². The Balaban J connectivity index is 1.90. The second-order valence-corrected chi connectivity index (χ2v) is 8.27. The fourth-order valence-electron chi connectivity index (χ4n) is 2.74. The highest BCUT2D eigenvalue weighted by Gasteiger charge is 2.29. The van der Waals surface area contributed by atoms with E-state index in [1.807, 2.05) is 0 Å². The lowest BCUT2D eigenvalue weighted by atomic mass is 10.1. The molecule has 0 saturated heterocycles. The minimum atomic E-state index is -4.38. The van der Waals surface area contributed by atoms with Gasteiger partial charge in [0.2, 0.25) is 10.0 Å². The third-order valence-electron chi connectivity index (χ3n) is 4.32. The first kappa shape index (κ1) is 20.9. The maximum Gasteiger partial charge on any atom is 0.416 e. The fraction of sp³-hybridized carbons (Fsp3) is 0.211. The summed E-state index contributed by atoms with van der Waals surface area (Å²) in [4.78, 5) is 4.36. The van der Waals surface area contributed by atoms with Gasteiger partial charge in [-0.1, -0.05) is 12.1 Å². The number of alkyl halides is 3. The van der Waals surface area contributed by atoms with E-state index in [1.165, 1.54) is 31.3 Å². The Hall–Kier alpha value is -2.85. The second kappa shape index (κ2) is 7.88. The highest BCUT2D eigenvalue weighted by molar-refractivity contribution is 7.89. The van der Waals surface area contributed by atoms with Crippen LogP contribution in [0.15, 0.2) is 59.9 Å². The predicted molar refractivity (Wildman–Crippen MR) is 104 cm³/mol. The number of benzene rings is 2. The van der Waals surface area contributed by atoms with Gasteiger partial charge in [-0.2, -0.15) is 13.2 Å². The number of imidazole rings is 1. The third kappa shape index (κ3) is 4.77. The minimum absolute atomic E-state index is 0.0840. The van der Waals surface area contributed by atoms with E-state index in [-0.39, 0.29) is 11.4 Å². The summed E-state index contributed by atoms with van der Waals surface area (Å²) >= 11 is 0. The summed E-state index contributed by atoms with van der Waals surface area (Å²) in [6.45, 7) is 0.260. The van der Waals surface area contributed by atoms with Gasteiger partial charge < -0.3 is 9.88 Å². The van der Waals surface area contributed by atoms with Gasteiger partial charge in [0.15, 0.2) is 0 Å². The highest BCUT2D eigenvalue weighted by atomic mass is 32.2. The Bertz CT molecular complexity index is 1110. The molecule has 0 bridgehead atoms. The Morgan fingerprint density at radius 2 is 1.79 bits per heavy atom. The number of nitrogens with zero attached hydrogens (tertiary/aromatic N) is 2. The molecule has 3 rings (SSSR count). The van der Waals surface area contributed by atoms with E-state index < -0.39 is 21.8 Å². The smallest absolute Gasteiger partial charge is 0.380 e. The zero-order chi connectivity index (χ0) is 21.2. The molecule has 6 nitrogen and oxygen atoms in total. The maximum atomic E-state index is 12.7.